The lowest BCUT2D eigenvalue weighted by Crippen LogP contribution is -2.09. The highest BCUT2D eigenvalue weighted by Crippen LogP contribution is 2.38. The summed E-state index contributed by atoms with van der Waals surface area (Å²) in [5, 5.41) is 5.13. The molecule has 0 spiro atoms. The number of fused-ring (bicyclic) bond motifs is 3. The number of para-hydroxylation sites is 1. The van der Waals surface area contributed by atoms with Gasteiger partial charge in [0.15, 0.2) is 0 Å². The molecule has 2 heteroatoms. The lowest BCUT2D eigenvalue weighted by molar-refractivity contribution is 1.28. The van der Waals surface area contributed by atoms with Crippen molar-refractivity contribution in [3.05, 3.63) is 138 Å². The Balaban J connectivity index is 1.48. The molecule has 0 saturated heterocycles. The molecule has 0 saturated carbocycles. The topological polar surface area (TPSA) is 3.24 Å². The minimum Gasteiger partial charge on any atom is -0.311 e. The first-order chi connectivity index (χ1) is 16.8. The van der Waals surface area contributed by atoms with Crippen molar-refractivity contribution in [2.75, 3.05) is 4.90 Å². The fourth-order valence-electron chi connectivity index (χ4n) is 4.70. The van der Waals surface area contributed by atoms with Crippen LogP contribution < -0.4 is 4.90 Å². The lowest BCUT2D eigenvalue weighted by Gasteiger charge is -2.25. The SMILES string of the molecule is Brc1ccc(N(c2ccccc2)c2ccc(-c3cc4ccccc4c4ccccc34)cc2)cc1. The van der Waals surface area contributed by atoms with Crippen LogP contribution in [0.15, 0.2) is 138 Å². The zero-order valence-electron chi connectivity index (χ0n) is 18.5. The molecule has 6 rings (SSSR count). The zero-order valence-corrected chi connectivity index (χ0v) is 20.1. The van der Waals surface area contributed by atoms with E-state index in [4.69, 9.17) is 0 Å². The number of rotatable bonds is 4. The van der Waals surface area contributed by atoms with Gasteiger partial charge in [0.05, 0.1) is 0 Å². The van der Waals surface area contributed by atoms with Gasteiger partial charge in [-0.2, -0.15) is 0 Å². The molecule has 34 heavy (non-hydrogen) atoms. The Labute approximate surface area is 208 Å². The largest absolute Gasteiger partial charge is 0.311 e. The first-order valence-corrected chi connectivity index (χ1v) is 12.2. The van der Waals surface area contributed by atoms with E-state index in [1.165, 1.54) is 32.7 Å². The Morgan fingerprint density at radius 1 is 0.441 bits per heavy atom. The van der Waals surface area contributed by atoms with Crippen molar-refractivity contribution >= 4 is 54.5 Å². The summed E-state index contributed by atoms with van der Waals surface area (Å²) in [6, 6.07) is 47.5. The van der Waals surface area contributed by atoms with Gasteiger partial charge < -0.3 is 4.90 Å². The highest BCUT2D eigenvalue weighted by Gasteiger charge is 2.13. The summed E-state index contributed by atoms with van der Waals surface area (Å²) in [6.07, 6.45) is 0. The zero-order chi connectivity index (χ0) is 22.9. The van der Waals surface area contributed by atoms with Gasteiger partial charge in [-0.3, -0.25) is 0 Å². The van der Waals surface area contributed by atoms with E-state index in [0.717, 1.165) is 21.5 Å². The molecule has 6 aromatic rings. The van der Waals surface area contributed by atoms with Gasteiger partial charge >= 0.3 is 0 Å². The van der Waals surface area contributed by atoms with Crippen LogP contribution in [0.1, 0.15) is 0 Å². The molecule has 0 aliphatic carbocycles. The molecule has 0 aromatic heterocycles. The van der Waals surface area contributed by atoms with E-state index in [1.54, 1.807) is 0 Å². The summed E-state index contributed by atoms with van der Waals surface area (Å²) in [5.74, 6) is 0. The first-order valence-electron chi connectivity index (χ1n) is 11.4. The van der Waals surface area contributed by atoms with Crippen LogP contribution >= 0.6 is 15.9 Å². The average molecular weight is 500 g/mol. The monoisotopic (exact) mass is 499 g/mol. The highest BCUT2D eigenvalue weighted by atomic mass is 79.9. The van der Waals surface area contributed by atoms with Gasteiger partial charge in [-0.05, 0) is 87.3 Å². The second kappa shape index (κ2) is 8.81. The molecule has 0 radical (unpaired) electrons. The maximum Gasteiger partial charge on any atom is 0.0462 e. The Kier molecular flexibility index (Phi) is 5.37. The van der Waals surface area contributed by atoms with E-state index in [1.807, 2.05) is 0 Å². The van der Waals surface area contributed by atoms with Crippen LogP contribution in [0.5, 0.6) is 0 Å². The molecule has 162 valence electrons. The van der Waals surface area contributed by atoms with E-state index in [-0.39, 0.29) is 0 Å². The van der Waals surface area contributed by atoms with Crippen LogP contribution in [0.25, 0.3) is 32.7 Å². The van der Waals surface area contributed by atoms with E-state index in [0.29, 0.717) is 0 Å². The molecule has 0 amide bonds. The maximum absolute atomic E-state index is 3.56. The van der Waals surface area contributed by atoms with Gasteiger partial charge in [-0.1, -0.05) is 94.8 Å². The van der Waals surface area contributed by atoms with Crippen molar-refractivity contribution in [3.63, 3.8) is 0 Å². The third kappa shape index (κ3) is 3.76. The van der Waals surface area contributed by atoms with Crippen LogP contribution in [-0.2, 0) is 0 Å². The normalized spacial score (nSPS) is 11.1. The summed E-state index contributed by atoms with van der Waals surface area (Å²) < 4.78 is 1.07. The van der Waals surface area contributed by atoms with Gasteiger partial charge in [0.2, 0.25) is 0 Å². The Morgan fingerprint density at radius 3 is 1.68 bits per heavy atom. The summed E-state index contributed by atoms with van der Waals surface area (Å²) >= 11 is 3.56. The highest BCUT2D eigenvalue weighted by molar-refractivity contribution is 9.10. The van der Waals surface area contributed by atoms with Crippen LogP contribution in [0.4, 0.5) is 17.1 Å². The molecule has 0 fully saturated rings. The van der Waals surface area contributed by atoms with Crippen molar-refractivity contribution in [1.82, 2.24) is 0 Å². The van der Waals surface area contributed by atoms with E-state index >= 15 is 0 Å². The fraction of sp³-hybridized carbons (Fsp3) is 0. The van der Waals surface area contributed by atoms with Crippen molar-refractivity contribution in [3.8, 4) is 11.1 Å². The summed E-state index contributed by atoms with van der Waals surface area (Å²) in [4.78, 5) is 2.29. The molecule has 0 unspecified atom stereocenters. The van der Waals surface area contributed by atoms with E-state index in [2.05, 4.69) is 154 Å². The van der Waals surface area contributed by atoms with Gasteiger partial charge in [-0.15, -0.1) is 0 Å². The van der Waals surface area contributed by atoms with Crippen molar-refractivity contribution in [2.45, 2.75) is 0 Å². The predicted molar refractivity (Wildman–Crippen MR) is 149 cm³/mol. The Hall–Kier alpha value is -3.88. The average Bonchev–Trinajstić information content (AvgIpc) is 2.91. The lowest BCUT2D eigenvalue weighted by atomic mass is 9.93. The number of nitrogens with zero attached hydrogens (tertiary/aromatic N) is 1. The van der Waals surface area contributed by atoms with Crippen LogP contribution in [-0.4, -0.2) is 0 Å². The van der Waals surface area contributed by atoms with Gasteiger partial charge in [0.1, 0.15) is 0 Å². The number of halogens is 1. The maximum atomic E-state index is 3.56. The molecule has 0 aliphatic heterocycles. The van der Waals surface area contributed by atoms with Crippen molar-refractivity contribution in [2.24, 2.45) is 0 Å². The third-order valence-electron chi connectivity index (χ3n) is 6.30. The predicted octanol–water partition coefficient (Wildman–Crippen LogP) is 9.89. The molecular formula is C32H22BrN. The van der Waals surface area contributed by atoms with Crippen molar-refractivity contribution in [1.29, 1.82) is 0 Å². The second-order valence-corrected chi connectivity index (χ2v) is 9.30. The Morgan fingerprint density at radius 2 is 0.971 bits per heavy atom. The minimum absolute atomic E-state index is 1.07. The van der Waals surface area contributed by atoms with Gasteiger partial charge in [0.25, 0.3) is 0 Å². The third-order valence-corrected chi connectivity index (χ3v) is 6.83. The molecule has 0 N–H and O–H groups in total. The molecule has 0 aliphatic rings. The van der Waals surface area contributed by atoms with Crippen LogP contribution in [0.2, 0.25) is 0 Å². The smallest absolute Gasteiger partial charge is 0.0462 e. The van der Waals surface area contributed by atoms with Gasteiger partial charge in [0, 0.05) is 21.5 Å². The second-order valence-electron chi connectivity index (χ2n) is 8.39. The van der Waals surface area contributed by atoms with Crippen LogP contribution in [0.3, 0.4) is 0 Å². The molecule has 0 heterocycles. The summed E-state index contributed by atoms with van der Waals surface area (Å²) in [7, 11) is 0. The molecule has 6 aromatic carbocycles. The Bertz CT molecular complexity index is 1590. The number of hydrogen-bond donors (Lipinski definition) is 0. The summed E-state index contributed by atoms with van der Waals surface area (Å²) in [6.45, 7) is 0. The summed E-state index contributed by atoms with van der Waals surface area (Å²) in [5.41, 5.74) is 5.86. The number of anilines is 3. The molecule has 0 bridgehead atoms. The van der Waals surface area contributed by atoms with Gasteiger partial charge in [-0.25, -0.2) is 0 Å². The first kappa shape index (κ1) is 20.7. The van der Waals surface area contributed by atoms with Crippen LogP contribution in [0, 0.1) is 0 Å². The number of hydrogen-bond acceptors (Lipinski definition) is 1. The molecular weight excluding hydrogens is 478 g/mol. The number of benzene rings is 6. The molecule has 1 nitrogen and oxygen atoms in total. The van der Waals surface area contributed by atoms with E-state index < -0.39 is 0 Å². The van der Waals surface area contributed by atoms with E-state index in [9.17, 15) is 0 Å². The van der Waals surface area contributed by atoms with Crippen molar-refractivity contribution < 1.29 is 0 Å². The minimum atomic E-state index is 1.07. The quantitative estimate of drug-likeness (QED) is 0.218. The fourth-order valence-corrected chi connectivity index (χ4v) is 4.96. The molecule has 0 atom stereocenters. The standard InChI is InChI=1S/C32H22BrN/c33-25-16-20-28(21-17-25)34(26-9-2-1-3-10-26)27-18-14-23(15-19-27)32-22-24-8-4-5-11-29(24)30-12-6-7-13-31(30)32/h1-22H.